The zero-order valence-electron chi connectivity index (χ0n) is 10.8. The first kappa shape index (κ1) is 14.8. The highest BCUT2D eigenvalue weighted by Crippen LogP contribution is 2.26. The third kappa shape index (κ3) is 3.11. The minimum absolute atomic E-state index is 0.204. The Hall–Kier alpha value is -0.620. The summed E-state index contributed by atoms with van der Waals surface area (Å²) in [7, 11) is -3.47. The molecule has 1 aliphatic heterocycles. The monoisotopic (exact) mass is 303 g/mol. The molecule has 0 amide bonds. The number of benzene rings is 1. The Morgan fingerprint density at radius 3 is 2.58 bits per heavy atom. The van der Waals surface area contributed by atoms with Crippen LogP contribution in [0.5, 0.6) is 0 Å². The van der Waals surface area contributed by atoms with E-state index in [0.717, 1.165) is 12.8 Å². The summed E-state index contributed by atoms with van der Waals surface area (Å²) in [4.78, 5) is 0.204. The number of hydrogen-bond donors (Lipinski definition) is 1. The average Bonchev–Trinajstić information content (AvgIpc) is 2.39. The van der Waals surface area contributed by atoms with Crippen LogP contribution in [0, 0.1) is 5.92 Å². The van der Waals surface area contributed by atoms with Gasteiger partial charge in [-0.25, -0.2) is 8.42 Å². The standard InChI is InChI=1S/C13H18ClNO3S/c1-10-4-6-15(7-5-10)19(17,18)12-2-3-13(14)11(8-12)9-16/h2-3,8,10,16H,4-7,9H2,1H3. The van der Waals surface area contributed by atoms with Gasteiger partial charge in [-0.1, -0.05) is 18.5 Å². The highest BCUT2D eigenvalue weighted by atomic mass is 35.5. The smallest absolute Gasteiger partial charge is 0.243 e. The third-order valence-electron chi connectivity index (χ3n) is 3.57. The second-order valence-corrected chi connectivity index (χ2v) is 7.34. The number of halogens is 1. The second kappa shape index (κ2) is 5.79. The van der Waals surface area contributed by atoms with Crippen LogP contribution in [-0.2, 0) is 16.6 Å². The molecule has 0 spiro atoms. The van der Waals surface area contributed by atoms with E-state index in [1.54, 1.807) is 0 Å². The molecule has 0 aliphatic carbocycles. The van der Waals surface area contributed by atoms with Gasteiger partial charge in [-0.05, 0) is 42.5 Å². The van der Waals surface area contributed by atoms with E-state index in [9.17, 15) is 8.42 Å². The Bertz CT molecular complexity index is 551. The average molecular weight is 304 g/mol. The van der Waals surface area contributed by atoms with Gasteiger partial charge in [0.15, 0.2) is 0 Å². The predicted molar refractivity (Wildman–Crippen MR) is 74.5 cm³/mol. The Kier molecular flexibility index (Phi) is 4.50. The summed E-state index contributed by atoms with van der Waals surface area (Å²) < 4.78 is 26.5. The Balaban J connectivity index is 2.29. The highest BCUT2D eigenvalue weighted by molar-refractivity contribution is 7.89. The molecule has 0 radical (unpaired) electrons. The molecule has 1 N–H and O–H groups in total. The Morgan fingerprint density at radius 1 is 1.37 bits per heavy atom. The van der Waals surface area contributed by atoms with E-state index in [2.05, 4.69) is 6.92 Å². The number of aliphatic hydroxyl groups is 1. The van der Waals surface area contributed by atoms with Crippen LogP contribution in [0.1, 0.15) is 25.3 Å². The first-order chi connectivity index (χ1) is 8.95. The summed E-state index contributed by atoms with van der Waals surface area (Å²) in [5.41, 5.74) is 0.438. The van der Waals surface area contributed by atoms with Crippen molar-refractivity contribution in [2.45, 2.75) is 31.3 Å². The number of sulfonamides is 1. The van der Waals surface area contributed by atoms with Crippen LogP contribution in [0.2, 0.25) is 5.02 Å². The number of nitrogens with zero attached hydrogens (tertiary/aromatic N) is 1. The minimum Gasteiger partial charge on any atom is -0.392 e. The molecule has 6 heteroatoms. The lowest BCUT2D eigenvalue weighted by molar-refractivity contribution is 0.281. The molecule has 1 aromatic rings. The van der Waals surface area contributed by atoms with Crippen LogP contribution >= 0.6 is 11.6 Å². The normalized spacial score (nSPS) is 18.7. The molecule has 1 heterocycles. The molecule has 106 valence electrons. The predicted octanol–water partition coefficient (Wildman–Crippen LogP) is 2.25. The summed E-state index contributed by atoms with van der Waals surface area (Å²) in [5.74, 6) is 0.574. The van der Waals surface area contributed by atoms with Gasteiger partial charge in [-0.3, -0.25) is 0 Å². The molecule has 1 saturated heterocycles. The molecular weight excluding hydrogens is 286 g/mol. The van der Waals surface area contributed by atoms with Gasteiger partial charge in [0.1, 0.15) is 0 Å². The maximum absolute atomic E-state index is 12.5. The lowest BCUT2D eigenvalue weighted by Gasteiger charge is -2.29. The van der Waals surface area contributed by atoms with Crippen molar-refractivity contribution in [2.24, 2.45) is 5.92 Å². The van der Waals surface area contributed by atoms with Crippen molar-refractivity contribution in [3.63, 3.8) is 0 Å². The minimum atomic E-state index is -3.47. The fraction of sp³-hybridized carbons (Fsp3) is 0.538. The van der Waals surface area contributed by atoms with E-state index >= 15 is 0 Å². The third-order valence-corrected chi connectivity index (χ3v) is 5.83. The largest absolute Gasteiger partial charge is 0.392 e. The molecule has 0 unspecified atom stereocenters. The molecule has 0 atom stereocenters. The molecule has 1 aliphatic rings. The van der Waals surface area contributed by atoms with Crippen molar-refractivity contribution < 1.29 is 13.5 Å². The number of piperidine rings is 1. The van der Waals surface area contributed by atoms with Crippen molar-refractivity contribution in [1.82, 2.24) is 4.31 Å². The lowest BCUT2D eigenvalue weighted by atomic mass is 10.0. The van der Waals surface area contributed by atoms with Gasteiger partial charge < -0.3 is 5.11 Å². The van der Waals surface area contributed by atoms with Crippen LogP contribution in [0.25, 0.3) is 0 Å². The summed E-state index contributed by atoms with van der Waals surface area (Å²) in [6.45, 7) is 2.98. The van der Waals surface area contributed by atoms with Gasteiger partial charge in [0.2, 0.25) is 10.0 Å². The van der Waals surface area contributed by atoms with Crippen LogP contribution in [0.4, 0.5) is 0 Å². The van der Waals surface area contributed by atoms with Crippen LogP contribution in [0.3, 0.4) is 0 Å². The van der Waals surface area contributed by atoms with Crippen molar-refractivity contribution in [2.75, 3.05) is 13.1 Å². The number of aliphatic hydroxyl groups excluding tert-OH is 1. The van der Waals surface area contributed by atoms with Crippen molar-refractivity contribution in [1.29, 1.82) is 0 Å². The molecule has 1 aromatic carbocycles. The van der Waals surface area contributed by atoms with Crippen molar-refractivity contribution in [3.8, 4) is 0 Å². The fourth-order valence-electron chi connectivity index (χ4n) is 2.21. The van der Waals surface area contributed by atoms with Gasteiger partial charge in [-0.15, -0.1) is 0 Å². The molecule has 0 saturated carbocycles. The second-order valence-electron chi connectivity index (χ2n) is 5.00. The van der Waals surface area contributed by atoms with Gasteiger partial charge in [-0.2, -0.15) is 4.31 Å². The van der Waals surface area contributed by atoms with Crippen molar-refractivity contribution >= 4 is 21.6 Å². The fourth-order valence-corrected chi connectivity index (χ4v) is 3.91. The number of hydrogen-bond acceptors (Lipinski definition) is 3. The van der Waals surface area contributed by atoms with E-state index in [1.807, 2.05) is 0 Å². The van der Waals surface area contributed by atoms with Gasteiger partial charge >= 0.3 is 0 Å². The molecular formula is C13H18ClNO3S. The van der Waals surface area contributed by atoms with E-state index < -0.39 is 10.0 Å². The molecule has 1 fully saturated rings. The summed E-state index contributed by atoms with van der Waals surface area (Å²) in [6, 6.07) is 4.47. The lowest BCUT2D eigenvalue weighted by Crippen LogP contribution is -2.37. The first-order valence-corrected chi connectivity index (χ1v) is 8.16. The molecule has 0 aromatic heterocycles. The van der Waals surface area contributed by atoms with Crippen LogP contribution in [0.15, 0.2) is 23.1 Å². The molecule has 19 heavy (non-hydrogen) atoms. The summed E-state index contributed by atoms with van der Waals surface area (Å²) in [6.07, 6.45) is 1.78. The quantitative estimate of drug-likeness (QED) is 0.932. The molecule has 0 bridgehead atoms. The van der Waals surface area contributed by atoms with Crippen LogP contribution in [-0.4, -0.2) is 30.9 Å². The van der Waals surface area contributed by atoms with Crippen molar-refractivity contribution in [3.05, 3.63) is 28.8 Å². The zero-order chi connectivity index (χ0) is 14.0. The Labute approximate surface area is 119 Å². The zero-order valence-corrected chi connectivity index (χ0v) is 12.4. The summed E-state index contributed by atoms with van der Waals surface area (Å²) >= 11 is 5.88. The number of rotatable bonds is 3. The van der Waals surface area contributed by atoms with Gasteiger partial charge in [0.05, 0.1) is 11.5 Å². The van der Waals surface area contributed by atoms with Gasteiger partial charge in [0.25, 0.3) is 0 Å². The maximum atomic E-state index is 12.5. The van der Waals surface area contributed by atoms with E-state index in [4.69, 9.17) is 16.7 Å². The Morgan fingerprint density at radius 2 is 2.00 bits per heavy atom. The maximum Gasteiger partial charge on any atom is 0.243 e. The first-order valence-electron chi connectivity index (χ1n) is 6.34. The molecule has 4 nitrogen and oxygen atoms in total. The SMILES string of the molecule is CC1CCN(S(=O)(=O)c2ccc(Cl)c(CO)c2)CC1. The molecule has 2 rings (SSSR count). The highest BCUT2D eigenvalue weighted by Gasteiger charge is 2.28. The van der Waals surface area contributed by atoms with Gasteiger partial charge in [0, 0.05) is 18.1 Å². The topological polar surface area (TPSA) is 57.6 Å². The van der Waals surface area contributed by atoms with Crippen LogP contribution < -0.4 is 0 Å². The van der Waals surface area contributed by atoms with E-state index in [1.165, 1.54) is 22.5 Å². The van der Waals surface area contributed by atoms with E-state index in [0.29, 0.717) is 29.6 Å². The van der Waals surface area contributed by atoms with E-state index in [-0.39, 0.29) is 11.5 Å². The summed E-state index contributed by atoms with van der Waals surface area (Å²) in [5, 5.41) is 9.54.